The van der Waals surface area contributed by atoms with Crippen molar-refractivity contribution in [3.63, 3.8) is 0 Å². The molecule has 0 unspecified atom stereocenters. The van der Waals surface area contributed by atoms with E-state index >= 15 is 0 Å². The molecule has 0 aliphatic carbocycles. The van der Waals surface area contributed by atoms with Gasteiger partial charge in [-0.3, -0.25) is 4.79 Å². The Hall–Kier alpha value is -1.27. The number of hydrogen-bond acceptors (Lipinski definition) is 3. The lowest BCUT2D eigenvalue weighted by Crippen LogP contribution is -1.91. The van der Waals surface area contributed by atoms with Gasteiger partial charge in [-0.1, -0.05) is 12.1 Å². The summed E-state index contributed by atoms with van der Waals surface area (Å²) in [6, 6.07) is 9.72. The molecule has 0 aliphatic heterocycles. The largest absolute Gasteiger partial charge is 0.295 e. The predicted molar refractivity (Wildman–Crippen MR) is 62.0 cm³/mol. The summed E-state index contributed by atoms with van der Waals surface area (Å²) in [5.74, 6) is 1.02. The standard InChI is InChI=1S/C12H13NOS/c1-10(14)11-5-4-6-12(9-11)15-8-3-2-7-13/h4-6,9H,2-3,8H2,1H3. The highest BCUT2D eigenvalue weighted by molar-refractivity contribution is 7.99. The molecular formula is C12H13NOS. The molecule has 2 nitrogen and oxygen atoms in total. The Kier molecular flexibility index (Phi) is 4.92. The average molecular weight is 219 g/mol. The summed E-state index contributed by atoms with van der Waals surface area (Å²) in [4.78, 5) is 12.2. The van der Waals surface area contributed by atoms with E-state index in [1.165, 1.54) is 0 Å². The fraction of sp³-hybridized carbons (Fsp3) is 0.333. The number of nitriles is 1. The summed E-state index contributed by atoms with van der Waals surface area (Å²) in [5.41, 5.74) is 0.750. The molecule has 1 aromatic rings. The Morgan fingerprint density at radius 3 is 3.00 bits per heavy atom. The highest BCUT2D eigenvalue weighted by Gasteiger charge is 2.00. The normalized spacial score (nSPS) is 9.60. The Morgan fingerprint density at radius 1 is 1.53 bits per heavy atom. The number of thioether (sulfide) groups is 1. The van der Waals surface area contributed by atoms with Crippen molar-refractivity contribution in [3.8, 4) is 6.07 Å². The molecule has 0 bridgehead atoms. The molecule has 0 aromatic heterocycles. The van der Waals surface area contributed by atoms with E-state index in [-0.39, 0.29) is 5.78 Å². The maximum atomic E-state index is 11.1. The summed E-state index contributed by atoms with van der Waals surface area (Å²) in [5, 5.41) is 8.38. The van der Waals surface area contributed by atoms with Crippen LogP contribution in [-0.4, -0.2) is 11.5 Å². The first kappa shape index (κ1) is 11.8. The van der Waals surface area contributed by atoms with Crippen molar-refractivity contribution in [3.05, 3.63) is 29.8 Å². The quantitative estimate of drug-likeness (QED) is 0.433. The fourth-order valence-corrected chi connectivity index (χ4v) is 2.06. The topological polar surface area (TPSA) is 40.9 Å². The number of carbonyl (C=O) groups excluding carboxylic acids is 1. The number of Topliss-reactive ketones (excluding diaryl/α,β-unsaturated/α-hetero) is 1. The minimum Gasteiger partial charge on any atom is -0.295 e. The molecule has 0 heterocycles. The summed E-state index contributed by atoms with van der Waals surface area (Å²) < 4.78 is 0. The molecule has 3 heteroatoms. The Bertz CT molecular complexity index is 381. The van der Waals surface area contributed by atoms with Crippen molar-refractivity contribution in [2.45, 2.75) is 24.7 Å². The van der Waals surface area contributed by atoms with Crippen LogP contribution < -0.4 is 0 Å². The molecule has 0 aliphatic rings. The third-order valence-electron chi connectivity index (χ3n) is 1.94. The second-order valence-electron chi connectivity index (χ2n) is 3.19. The Balaban J connectivity index is 2.51. The summed E-state index contributed by atoms with van der Waals surface area (Å²) in [6.07, 6.45) is 1.49. The van der Waals surface area contributed by atoms with Crippen LogP contribution in [0, 0.1) is 11.3 Å². The molecule has 78 valence electrons. The third-order valence-corrected chi connectivity index (χ3v) is 3.02. The van der Waals surface area contributed by atoms with E-state index in [0.29, 0.717) is 6.42 Å². The van der Waals surface area contributed by atoms with E-state index in [9.17, 15) is 4.79 Å². The van der Waals surface area contributed by atoms with Gasteiger partial charge in [0.2, 0.25) is 0 Å². The zero-order chi connectivity index (χ0) is 11.1. The molecule has 0 saturated heterocycles. The van der Waals surface area contributed by atoms with Gasteiger partial charge >= 0.3 is 0 Å². The van der Waals surface area contributed by atoms with Crippen LogP contribution in [0.2, 0.25) is 0 Å². The number of rotatable bonds is 5. The lowest BCUT2D eigenvalue weighted by molar-refractivity contribution is 0.101. The van der Waals surface area contributed by atoms with Gasteiger partial charge in [-0.2, -0.15) is 5.26 Å². The molecule has 1 aromatic carbocycles. The van der Waals surface area contributed by atoms with Crippen LogP contribution in [0.3, 0.4) is 0 Å². The molecule has 0 saturated carbocycles. The molecule has 0 fully saturated rings. The third kappa shape index (κ3) is 4.18. The van der Waals surface area contributed by atoms with Crippen LogP contribution in [0.15, 0.2) is 29.2 Å². The number of ketones is 1. The highest BCUT2D eigenvalue weighted by Crippen LogP contribution is 2.20. The van der Waals surface area contributed by atoms with Gasteiger partial charge in [0.1, 0.15) is 0 Å². The molecule has 0 spiro atoms. The van der Waals surface area contributed by atoms with Crippen LogP contribution >= 0.6 is 11.8 Å². The second kappa shape index (κ2) is 6.26. The van der Waals surface area contributed by atoms with Crippen LogP contribution in [0.1, 0.15) is 30.1 Å². The maximum Gasteiger partial charge on any atom is 0.159 e. The molecule has 1 rings (SSSR count). The maximum absolute atomic E-state index is 11.1. The minimum atomic E-state index is 0.0921. The first-order valence-corrected chi connectivity index (χ1v) is 5.83. The molecule has 15 heavy (non-hydrogen) atoms. The van der Waals surface area contributed by atoms with E-state index in [1.807, 2.05) is 24.3 Å². The number of carbonyl (C=O) groups is 1. The van der Waals surface area contributed by atoms with Crippen molar-refractivity contribution in [2.24, 2.45) is 0 Å². The molecular weight excluding hydrogens is 206 g/mol. The first-order valence-electron chi connectivity index (χ1n) is 4.85. The minimum absolute atomic E-state index is 0.0921. The lowest BCUT2D eigenvalue weighted by Gasteiger charge is -2.01. The van der Waals surface area contributed by atoms with Gasteiger partial charge in [0, 0.05) is 16.9 Å². The van der Waals surface area contributed by atoms with E-state index < -0.39 is 0 Å². The van der Waals surface area contributed by atoms with Crippen molar-refractivity contribution in [1.82, 2.24) is 0 Å². The zero-order valence-electron chi connectivity index (χ0n) is 8.69. The van der Waals surface area contributed by atoms with Gasteiger partial charge in [-0.05, 0) is 31.2 Å². The number of unbranched alkanes of at least 4 members (excludes halogenated alkanes) is 1. The van der Waals surface area contributed by atoms with Gasteiger partial charge < -0.3 is 0 Å². The molecule has 0 radical (unpaired) electrons. The van der Waals surface area contributed by atoms with Gasteiger partial charge in [-0.15, -0.1) is 11.8 Å². The van der Waals surface area contributed by atoms with Crippen LogP contribution in [0.5, 0.6) is 0 Å². The van der Waals surface area contributed by atoms with Crippen molar-refractivity contribution < 1.29 is 4.79 Å². The van der Waals surface area contributed by atoms with E-state index in [1.54, 1.807) is 18.7 Å². The molecule has 0 N–H and O–H groups in total. The monoisotopic (exact) mass is 219 g/mol. The van der Waals surface area contributed by atoms with Gasteiger partial charge in [0.15, 0.2) is 5.78 Å². The summed E-state index contributed by atoms with van der Waals surface area (Å²) in [6.45, 7) is 1.57. The SMILES string of the molecule is CC(=O)c1cccc(SCCCC#N)c1. The van der Waals surface area contributed by atoms with Gasteiger partial charge in [0.05, 0.1) is 6.07 Å². The van der Waals surface area contributed by atoms with Crippen molar-refractivity contribution >= 4 is 17.5 Å². The van der Waals surface area contributed by atoms with E-state index in [2.05, 4.69) is 6.07 Å². The molecule has 0 amide bonds. The van der Waals surface area contributed by atoms with Crippen LogP contribution in [0.4, 0.5) is 0 Å². The second-order valence-corrected chi connectivity index (χ2v) is 4.36. The fourth-order valence-electron chi connectivity index (χ4n) is 1.15. The average Bonchev–Trinajstić information content (AvgIpc) is 2.25. The molecule has 0 atom stereocenters. The number of nitrogens with zero attached hydrogens (tertiary/aromatic N) is 1. The summed E-state index contributed by atoms with van der Waals surface area (Å²) >= 11 is 1.69. The van der Waals surface area contributed by atoms with E-state index in [0.717, 1.165) is 22.6 Å². The van der Waals surface area contributed by atoms with Crippen LogP contribution in [-0.2, 0) is 0 Å². The Morgan fingerprint density at radius 2 is 2.33 bits per heavy atom. The zero-order valence-corrected chi connectivity index (χ0v) is 9.51. The van der Waals surface area contributed by atoms with Crippen molar-refractivity contribution in [1.29, 1.82) is 5.26 Å². The highest BCUT2D eigenvalue weighted by atomic mass is 32.2. The Labute approximate surface area is 94.3 Å². The number of benzene rings is 1. The van der Waals surface area contributed by atoms with Gasteiger partial charge in [0.25, 0.3) is 0 Å². The van der Waals surface area contributed by atoms with Gasteiger partial charge in [-0.25, -0.2) is 0 Å². The number of hydrogen-bond donors (Lipinski definition) is 0. The smallest absolute Gasteiger partial charge is 0.159 e. The lowest BCUT2D eigenvalue weighted by atomic mass is 10.2. The first-order chi connectivity index (χ1) is 7.24. The van der Waals surface area contributed by atoms with Crippen LogP contribution in [0.25, 0.3) is 0 Å². The van der Waals surface area contributed by atoms with E-state index in [4.69, 9.17) is 5.26 Å². The van der Waals surface area contributed by atoms with Crippen molar-refractivity contribution in [2.75, 3.05) is 5.75 Å². The summed E-state index contributed by atoms with van der Waals surface area (Å²) in [7, 11) is 0. The predicted octanol–water partition coefficient (Wildman–Crippen LogP) is 3.29.